The molecule has 0 aliphatic heterocycles. The van der Waals surface area contributed by atoms with Gasteiger partial charge in [-0.3, -0.25) is 0 Å². The van der Waals surface area contributed by atoms with Crippen LogP contribution in [0.2, 0.25) is 0 Å². The van der Waals surface area contributed by atoms with Crippen LogP contribution in [0.3, 0.4) is 0 Å². The summed E-state index contributed by atoms with van der Waals surface area (Å²) in [7, 11) is -3.98. The van der Waals surface area contributed by atoms with Gasteiger partial charge in [0.05, 0.1) is 0 Å². The Hall–Kier alpha value is 0.150. The topological polar surface area (TPSA) is 60.4 Å². The molecular formula is C10H22O3P-. The summed E-state index contributed by atoms with van der Waals surface area (Å²) in [5.74, 6) is 0. The third kappa shape index (κ3) is 12.2. The van der Waals surface area contributed by atoms with Crippen LogP contribution in [-0.4, -0.2) is 11.1 Å². The first-order chi connectivity index (χ1) is 6.56. The lowest BCUT2D eigenvalue weighted by atomic mass is 10.1. The molecule has 0 saturated carbocycles. The summed E-state index contributed by atoms with van der Waals surface area (Å²) < 4.78 is 10.4. The predicted molar refractivity (Wildman–Crippen MR) is 57.3 cm³/mol. The van der Waals surface area contributed by atoms with Gasteiger partial charge in [0.2, 0.25) is 0 Å². The zero-order valence-corrected chi connectivity index (χ0v) is 9.97. The Morgan fingerprint density at radius 3 is 1.86 bits per heavy atom. The van der Waals surface area contributed by atoms with Gasteiger partial charge in [-0.15, -0.1) is 0 Å². The number of rotatable bonds is 9. The molecule has 86 valence electrons. The highest BCUT2D eigenvalue weighted by atomic mass is 31.2. The zero-order chi connectivity index (χ0) is 10.9. The molecule has 0 bridgehead atoms. The molecule has 0 aliphatic rings. The van der Waals surface area contributed by atoms with Gasteiger partial charge >= 0.3 is 0 Å². The minimum Gasteiger partial charge on any atom is -0.779 e. The van der Waals surface area contributed by atoms with Crippen molar-refractivity contribution in [3.8, 4) is 0 Å². The first kappa shape index (κ1) is 14.2. The van der Waals surface area contributed by atoms with Gasteiger partial charge in [-0.25, -0.2) is 0 Å². The summed E-state index contributed by atoms with van der Waals surface area (Å²) in [5, 5.41) is 0. The molecular weight excluding hydrogens is 199 g/mol. The Balaban J connectivity index is 3.03. The van der Waals surface area contributed by atoms with Crippen molar-refractivity contribution in [3.05, 3.63) is 0 Å². The Labute approximate surface area is 87.1 Å². The highest BCUT2D eigenvalue weighted by Gasteiger charge is 2.00. The van der Waals surface area contributed by atoms with Crippen LogP contribution >= 0.6 is 7.60 Å². The van der Waals surface area contributed by atoms with Crippen molar-refractivity contribution in [2.75, 3.05) is 6.16 Å². The fourth-order valence-electron chi connectivity index (χ4n) is 1.45. The third-order valence-corrected chi connectivity index (χ3v) is 3.18. The SMILES string of the molecule is CCCCCCCCCCP(=O)([O-])O. The second-order valence-electron chi connectivity index (χ2n) is 3.84. The van der Waals surface area contributed by atoms with Crippen LogP contribution in [0.15, 0.2) is 0 Å². The van der Waals surface area contributed by atoms with E-state index in [1.54, 1.807) is 0 Å². The number of unbranched alkanes of at least 4 members (excludes halogenated alkanes) is 7. The molecule has 0 heterocycles. The first-order valence-electron chi connectivity index (χ1n) is 5.59. The van der Waals surface area contributed by atoms with Crippen molar-refractivity contribution in [1.82, 2.24) is 0 Å². The lowest BCUT2D eigenvalue weighted by Crippen LogP contribution is -2.03. The van der Waals surface area contributed by atoms with E-state index in [4.69, 9.17) is 4.89 Å². The highest BCUT2D eigenvalue weighted by molar-refractivity contribution is 7.50. The van der Waals surface area contributed by atoms with Gasteiger partial charge in [-0.2, -0.15) is 0 Å². The lowest BCUT2D eigenvalue weighted by molar-refractivity contribution is -0.193. The molecule has 4 heteroatoms. The van der Waals surface area contributed by atoms with Crippen LogP contribution in [-0.2, 0) is 4.57 Å². The van der Waals surface area contributed by atoms with Gasteiger partial charge in [0.25, 0.3) is 0 Å². The second kappa shape index (κ2) is 8.46. The maximum atomic E-state index is 10.4. The average molecular weight is 221 g/mol. The minimum absolute atomic E-state index is 0.0536. The Morgan fingerprint density at radius 2 is 1.43 bits per heavy atom. The quantitative estimate of drug-likeness (QED) is 0.481. The van der Waals surface area contributed by atoms with Crippen molar-refractivity contribution < 1.29 is 14.4 Å². The Bertz CT molecular complexity index is 165. The Morgan fingerprint density at radius 1 is 1.00 bits per heavy atom. The largest absolute Gasteiger partial charge is 0.779 e. The van der Waals surface area contributed by atoms with E-state index in [0.717, 1.165) is 12.8 Å². The monoisotopic (exact) mass is 221 g/mol. The van der Waals surface area contributed by atoms with Gasteiger partial charge in [0.15, 0.2) is 0 Å². The van der Waals surface area contributed by atoms with E-state index in [-0.39, 0.29) is 6.16 Å². The van der Waals surface area contributed by atoms with Gasteiger partial charge < -0.3 is 14.4 Å². The van der Waals surface area contributed by atoms with Gasteiger partial charge in [-0.05, 0) is 6.42 Å². The molecule has 14 heavy (non-hydrogen) atoms. The van der Waals surface area contributed by atoms with Crippen molar-refractivity contribution in [3.63, 3.8) is 0 Å². The third-order valence-electron chi connectivity index (χ3n) is 2.29. The molecule has 1 unspecified atom stereocenters. The van der Waals surface area contributed by atoms with E-state index in [1.807, 2.05) is 0 Å². The van der Waals surface area contributed by atoms with Crippen molar-refractivity contribution in [1.29, 1.82) is 0 Å². The molecule has 0 aliphatic carbocycles. The van der Waals surface area contributed by atoms with Crippen LogP contribution in [0.4, 0.5) is 0 Å². The summed E-state index contributed by atoms with van der Waals surface area (Å²) in [6, 6.07) is 0. The summed E-state index contributed by atoms with van der Waals surface area (Å²) in [5.41, 5.74) is 0. The lowest BCUT2D eigenvalue weighted by Gasteiger charge is -2.14. The minimum atomic E-state index is -3.98. The second-order valence-corrected chi connectivity index (χ2v) is 5.56. The normalized spacial score (nSPS) is 15.4. The summed E-state index contributed by atoms with van der Waals surface area (Å²) in [6.07, 6.45) is 8.83. The average Bonchev–Trinajstić information content (AvgIpc) is 2.08. The molecule has 0 radical (unpaired) electrons. The van der Waals surface area contributed by atoms with Gasteiger partial charge in [-0.1, -0.05) is 51.9 Å². The molecule has 1 atom stereocenters. The summed E-state index contributed by atoms with van der Waals surface area (Å²) in [4.78, 5) is 18.9. The first-order valence-corrected chi connectivity index (χ1v) is 7.35. The standard InChI is InChI=1S/C10H23O3P/c1-2-3-4-5-6-7-8-9-10-14(11,12)13/h2-10H2,1H3,(H2,11,12,13)/p-1. The molecule has 1 N–H and O–H groups in total. The zero-order valence-electron chi connectivity index (χ0n) is 9.07. The van der Waals surface area contributed by atoms with E-state index in [9.17, 15) is 9.46 Å². The van der Waals surface area contributed by atoms with Crippen LogP contribution in [0, 0.1) is 0 Å². The van der Waals surface area contributed by atoms with Crippen molar-refractivity contribution in [2.24, 2.45) is 0 Å². The molecule has 0 saturated heterocycles. The van der Waals surface area contributed by atoms with Crippen LogP contribution in [0.5, 0.6) is 0 Å². The molecule has 0 rings (SSSR count). The molecule has 0 aromatic carbocycles. The summed E-state index contributed by atoms with van der Waals surface area (Å²) >= 11 is 0. The van der Waals surface area contributed by atoms with Crippen molar-refractivity contribution >= 4 is 7.60 Å². The van der Waals surface area contributed by atoms with E-state index in [2.05, 4.69) is 6.92 Å². The smallest absolute Gasteiger partial charge is 0.132 e. The molecule has 0 fully saturated rings. The Kier molecular flexibility index (Phi) is 8.55. The fourth-order valence-corrected chi connectivity index (χ4v) is 2.07. The fraction of sp³-hybridized carbons (Fsp3) is 1.00. The predicted octanol–water partition coefficient (Wildman–Crippen LogP) is 2.67. The molecule has 3 nitrogen and oxygen atoms in total. The maximum Gasteiger partial charge on any atom is 0.132 e. The van der Waals surface area contributed by atoms with Crippen LogP contribution in [0.25, 0.3) is 0 Å². The number of hydrogen-bond acceptors (Lipinski definition) is 2. The van der Waals surface area contributed by atoms with Crippen molar-refractivity contribution in [2.45, 2.75) is 58.3 Å². The van der Waals surface area contributed by atoms with Crippen LogP contribution < -0.4 is 4.89 Å². The van der Waals surface area contributed by atoms with Gasteiger partial charge in [0.1, 0.15) is 7.60 Å². The molecule has 0 spiro atoms. The van der Waals surface area contributed by atoms with E-state index < -0.39 is 7.60 Å². The summed E-state index contributed by atoms with van der Waals surface area (Å²) in [6.45, 7) is 2.19. The van der Waals surface area contributed by atoms with E-state index >= 15 is 0 Å². The molecule has 0 aromatic heterocycles. The number of hydrogen-bond donors (Lipinski definition) is 1. The van der Waals surface area contributed by atoms with E-state index in [1.165, 1.54) is 32.1 Å². The highest BCUT2D eigenvalue weighted by Crippen LogP contribution is 2.30. The van der Waals surface area contributed by atoms with Gasteiger partial charge in [0, 0.05) is 6.16 Å². The van der Waals surface area contributed by atoms with Crippen LogP contribution in [0.1, 0.15) is 58.3 Å². The molecule has 0 amide bonds. The molecule has 0 aromatic rings. The van der Waals surface area contributed by atoms with E-state index in [0.29, 0.717) is 6.42 Å². The maximum absolute atomic E-state index is 10.4.